The summed E-state index contributed by atoms with van der Waals surface area (Å²) >= 11 is 6.03. The maximum atomic E-state index is 11.7. The zero-order valence-corrected chi connectivity index (χ0v) is 11.7. The van der Waals surface area contributed by atoms with Gasteiger partial charge in [0, 0.05) is 13.2 Å². The minimum absolute atomic E-state index is 0.0369. The van der Waals surface area contributed by atoms with Crippen LogP contribution in [-0.2, 0) is 9.59 Å². The molecule has 0 spiro atoms. The van der Waals surface area contributed by atoms with Gasteiger partial charge in [-0.25, -0.2) is 0 Å². The quantitative estimate of drug-likeness (QED) is 0.577. The van der Waals surface area contributed by atoms with Crippen molar-refractivity contribution in [2.24, 2.45) is 0 Å². The van der Waals surface area contributed by atoms with Crippen LogP contribution in [0, 0.1) is 13.8 Å². The van der Waals surface area contributed by atoms with Gasteiger partial charge in [0.25, 0.3) is 0 Å². The number of anilines is 1. The van der Waals surface area contributed by atoms with Crippen molar-refractivity contribution < 1.29 is 14.7 Å². The Morgan fingerprint density at radius 1 is 1.26 bits per heavy atom. The maximum absolute atomic E-state index is 11.7. The van der Waals surface area contributed by atoms with Gasteiger partial charge in [0.15, 0.2) is 0 Å². The number of carbonyl (C=O) groups excluding carboxylic acids is 2. The van der Waals surface area contributed by atoms with Crippen LogP contribution >= 0.6 is 11.6 Å². The molecule has 6 heteroatoms. The first kappa shape index (κ1) is 15.5. The third-order valence-electron chi connectivity index (χ3n) is 2.50. The fraction of sp³-hybridized carbons (Fsp3) is 0.385. The summed E-state index contributed by atoms with van der Waals surface area (Å²) in [6.07, 6.45) is 0.406. The molecular formula is C13H17ClN2O3. The smallest absolute Gasteiger partial charge is 0.313 e. The summed E-state index contributed by atoms with van der Waals surface area (Å²) in [5.74, 6) is -1.52. The normalized spacial score (nSPS) is 10.1. The van der Waals surface area contributed by atoms with Gasteiger partial charge in [0.05, 0.1) is 10.7 Å². The van der Waals surface area contributed by atoms with Gasteiger partial charge in [-0.15, -0.1) is 0 Å². The molecular weight excluding hydrogens is 268 g/mol. The van der Waals surface area contributed by atoms with Crippen molar-refractivity contribution in [3.05, 3.63) is 28.3 Å². The molecule has 0 bridgehead atoms. The molecule has 0 aliphatic rings. The van der Waals surface area contributed by atoms with Gasteiger partial charge in [0.1, 0.15) is 0 Å². The van der Waals surface area contributed by atoms with Crippen molar-refractivity contribution in [1.29, 1.82) is 0 Å². The van der Waals surface area contributed by atoms with Crippen molar-refractivity contribution in [3.63, 3.8) is 0 Å². The number of carbonyl (C=O) groups is 2. The molecule has 0 fully saturated rings. The van der Waals surface area contributed by atoms with Crippen LogP contribution in [-0.4, -0.2) is 30.1 Å². The molecule has 5 nitrogen and oxygen atoms in total. The Hall–Kier alpha value is -1.59. The van der Waals surface area contributed by atoms with Crippen LogP contribution in [0.5, 0.6) is 0 Å². The van der Waals surface area contributed by atoms with E-state index in [2.05, 4.69) is 10.6 Å². The summed E-state index contributed by atoms with van der Waals surface area (Å²) in [6, 6.07) is 3.58. The summed E-state index contributed by atoms with van der Waals surface area (Å²) in [6.45, 7) is 3.92. The van der Waals surface area contributed by atoms with Gasteiger partial charge in [-0.3, -0.25) is 9.59 Å². The fourth-order valence-corrected chi connectivity index (χ4v) is 1.97. The van der Waals surface area contributed by atoms with Gasteiger partial charge in [0.2, 0.25) is 0 Å². The number of benzene rings is 1. The zero-order valence-electron chi connectivity index (χ0n) is 10.9. The molecule has 0 aromatic heterocycles. The van der Waals surface area contributed by atoms with E-state index in [0.29, 0.717) is 17.1 Å². The Labute approximate surface area is 117 Å². The molecule has 0 saturated carbocycles. The molecule has 2 amide bonds. The largest absolute Gasteiger partial charge is 0.396 e. The number of nitrogens with one attached hydrogen (secondary N) is 2. The van der Waals surface area contributed by atoms with Crippen LogP contribution in [0.1, 0.15) is 17.5 Å². The molecule has 0 atom stereocenters. The molecule has 0 heterocycles. The Kier molecular flexibility index (Phi) is 5.79. The molecule has 0 unspecified atom stereocenters. The van der Waals surface area contributed by atoms with E-state index >= 15 is 0 Å². The maximum Gasteiger partial charge on any atom is 0.313 e. The van der Waals surface area contributed by atoms with E-state index in [9.17, 15) is 9.59 Å². The monoisotopic (exact) mass is 284 g/mol. The molecule has 1 aromatic carbocycles. The Bertz CT molecular complexity index is 466. The van der Waals surface area contributed by atoms with Crippen LogP contribution < -0.4 is 10.6 Å². The SMILES string of the molecule is Cc1cc(C)c(NC(=O)C(=O)NCCCO)c(Cl)c1. The first-order valence-corrected chi connectivity index (χ1v) is 6.30. The van der Waals surface area contributed by atoms with E-state index in [4.69, 9.17) is 16.7 Å². The minimum atomic E-state index is -0.771. The summed E-state index contributed by atoms with van der Waals surface area (Å²) in [5.41, 5.74) is 2.21. The third kappa shape index (κ3) is 4.54. The molecule has 3 N–H and O–H groups in total. The van der Waals surface area contributed by atoms with Crippen LogP contribution in [0.15, 0.2) is 12.1 Å². The summed E-state index contributed by atoms with van der Waals surface area (Å²) < 4.78 is 0. The Morgan fingerprint density at radius 2 is 1.95 bits per heavy atom. The lowest BCUT2D eigenvalue weighted by molar-refractivity contribution is -0.136. The fourth-order valence-electron chi connectivity index (χ4n) is 1.61. The number of aliphatic hydroxyl groups is 1. The van der Waals surface area contributed by atoms with Gasteiger partial charge in [-0.2, -0.15) is 0 Å². The lowest BCUT2D eigenvalue weighted by atomic mass is 10.1. The van der Waals surface area contributed by atoms with Crippen molar-refractivity contribution in [2.75, 3.05) is 18.5 Å². The van der Waals surface area contributed by atoms with Crippen LogP contribution in [0.2, 0.25) is 5.02 Å². The Balaban J connectivity index is 2.69. The van der Waals surface area contributed by atoms with E-state index < -0.39 is 11.8 Å². The molecule has 104 valence electrons. The molecule has 0 aliphatic heterocycles. The second-order valence-corrected chi connectivity index (χ2v) is 4.63. The second-order valence-electron chi connectivity index (χ2n) is 4.23. The van der Waals surface area contributed by atoms with Crippen molar-refractivity contribution in [1.82, 2.24) is 5.32 Å². The summed E-state index contributed by atoms with van der Waals surface area (Å²) in [5, 5.41) is 13.9. The predicted octanol–water partition coefficient (Wildman–Crippen LogP) is 1.39. The molecule has 1 aromatic rings. The first-order valence-electron chi connectivity index (χ1n) is 5.92. The van der Waals surface area contributed by atoms with Crippen LogP contribution in [0.25, 0.3) is 0 Å². The summed E-state index contributed by atoms with van der Waals surface area (Å²) in [7, 11) is 0. The molecule has 0 radical (unpaired) electrons. The number of aliphatic hydroxyl groups excluding tert-OH is 1. The minimum Gasteiger partial charge on any atom is -0.396 e. The van der Waals surface area contributed by atoms with Crippen molar-refractivity contribution in [3.8, 4) is 0 Å². The highest BCUT2D eigenvalue weighted by Gasteiger charge is 2.16. The number of halogens is 1. The first-order chi connectivity index (χ1) is 8.95. The molecule has 19 heavy (non-hydrogen) atoms. The van der Waals surface area contributed by atoms with Gasteiger partial charge in [-0.05, 0) is 37.5 Å². The van der Waals surface area contributed by atoms with E-state index in [1.54, 1.807) is 13.0 Å². The van der Waals surface area contributed by atoms with E-state index in [1.807, 2.05) is 13.0 Å². The number of hydrogen-bond acceptors (Lipinski definition) is 3. The second kappa shape index (κ2) is 7.11. The van der Waals surface area contributed by atoms with Crippen molar-refractivity contribution in [2.45, 2.75) is 20.3 Å². The number of hydrogen-bond donors (Lipinski definition) is 3. The van der Waals surface area contributed by atoms with Gasteiger partial charge < -0.3 is 15.7 Å². The lowest BCUT2D eigenvalue weighted by Gasteiger charge is -2.11. The Morgan fingerprint density at radius 3 is 2.53 bits per heavy atom. The molecule has 0 saturated heterocycles. The van der Waals surface area contributed by atoms with E-state index in [1.165, 1.54) is 0 Å². The third-order valence-corrected chi connectivity index (χ3v) is 2.80. The van der Waals surface area contributed by atoms with Crippen molar-refractivity contribution >= 4 is 29.1 Å². The molecule has 1 rings (SSSR count). The van der Waals surface area contributed by atoms with Gasteiger partial charge >= 0.3 is 11.8 Å². The number of amides is 2. The summed E-state index contributed by atoms with van der Waals surface area (Å²) in [4.78, 5) is 23.1. The molecule has 0 aliphatic carbocycles. The standard InChI is InChI=1S/C13H17ClN2O3/c1-8-6-9(2)11(10(14)7-8)16-13(19)12(18)15-4-3-5-17/h6-7,17H,3-5H2,1-2H3,(H,15,18)(H,16,19). The lowest BCUT2D eigenvalue weighted by Crippen LogP contribution is -2.36. The predicted molar refractivity (Wildman–Crippen MR) is 74.3 cm³/mol. The highest BCUT2D eigenvalue weighted by molar-refractivity contribution is 6.41. The van der Waals surface area contributed by atoms with E-state index in [0.717, 1.165) is 11.1 Å². The number of aryl methyl sites for hydroxylation is 2. The van der Waals surface area contributed by atoms with E-state index in [-0.39, 0.29) is 13.2 Å². The topological polar surface area (TPSA) is 78.4 Å². The van der Waals surface area contributed by atoms with Gasteiger partial charge in [-0.1, -0.05) is 17.7 Å². The van der Waals surface area contributed by atoms with Crippen LogP contribution in [0.3, 0.4) is 0 Å². The highest BCUT2D eigenvalue weighted by Crippen LogP contribution is 2.27. The average molecular weight is 285 g/mol. The van der Waals surface area contributed by atoms with Crippen LogP contribution in [0.4, 0.5) is 5.69 Å². The zero-order chi connectivity index (χ0) is 14.4. The number of rotatable bonds is 4. The average Bonchev–Trinajstić information content (AvgIpc) is 2.33. The highest BCUT2D eigenvalue weighted by atomic mass is 35.5.